The zero-order chi connectivity index (χ0) is 17.2. The molecule has 1 heterocycles. The minimum atomic E-state index is 1.06. The number of para-hydroxylation sites is 1. The van der Waals surface area contributed by atoms with Crippen LogP contribution >= 0.6 is 31.9 Å². The minimum absolute atomic E-state index is 1.06. The van der Waals surface area contributed by atoms with Gasteiger partial charge in [-0.2, -0.15) is 0 Å². The maximum atomic E-state index is 3.82. The van der Waals surface area contributed by atoms with Crippen molar-refractivity contribution in [2.24, 2.45) is 0 Å². The second-order valence-electron chi connectivity index (χ2n) is 5.73. The van der Waals surface area contributed by atoms with Gasteiger partial charge >= 0.3 is 0 Å². The Hall–Kier alpha value is -2.10. The van der Waals surface area contributed by atoms with E-state index in [-0.39, 0.29) is 0 Å². The van der Waals surface area contributed by atoms with Crippen molar-refractivity contribution in [3.8, 4) is 28.2 Å². The fourth-order valence-electron chi connectivity index (χ4n) is 3.05. The van der Waals surface area contributed by atoms with E-state index in [2.05, 4.69) is 109 Å². The molecule has 0 atom stereocenters. The first-order valence-corrected chi connectivity index (χ1v) is 9.62. The zero-order valence-corrected chi connectivity index (χ0v) is 16.5. The van der Waals surface area contributed by atoms with Crippen molar-refractivity contribution in [2.45, 2.75) is 0 Å². The SMILES string of the molecule is Brc1c(Br)c(-c2ccccc2)n(-c2ccccc2)c1-c1ccccc1. The Balaban J connectivity index is 2.09. The number of benzene rings is 3. The minimum Gasteiger partial charge on any atom is -0.307 e. The lowest BCUT2D eigenvalue weighted by Crippen LogP contribution is -1.99. The average Bonchev–Trinajstić information content (AvgIpc) is 2.95. The van der Waals surface area contributed by atoms with Crippen molar-refractivity contribution < 1.29 is 0 Å². The van der Waals surface area contributed by atoms with Gasteiger partial charge in [-0.1, -0.05) is 78.9 Å². The normalized spacial score (nSPS) is 10.8. The number of aromatic nitrogens is 1. The molecule has 0 aliphatic heterocycles. The van der Waals surface area contributed by atoms with Gasteiger partial charge in [0.15, 0.2) is 0 Å². The molecule has 4 rings (SSSR count). The van der Waals surface area contributed by atoms with Gasteiger partial charge in [0.25, 0.3) is 0 Å². The summed E-state index contributed by atoms with van der Waals surface area (Å²) in [5.74, 6) is 0. The Labute approximate surface area is 164 Å². The van der Waals surface area contributed by atoms with E-state index in [1.54, 1.807) is 0 Å². The molecule has 0 unspecified atom stereocenters. The molecule has 3 aromatic carbocycles. The molecule has 0 aliphatic rings. The lowest BCUT2D eigenvalue weighted by Gasteiger charge is -2.14. The Kier molecular flexibility index (Phi) is 4.60. The molecular weight excluding hydrogens is 438 g/mol. The molecule has 0 saturated heterocycles. The van der Waals surface area contributed by atoms with E-state index in [0.717, 1.165) is 26.0 Å². The summed E-state index contributed by atoms with van der Waals surface area (Å²) in [5.41, 5.74) is 5.74. The number of hydrogen-bond acceptors (Lipinski definition) is 0. The highest BCUT2D eigenvalue weighted by atomic mass is 79.9. The molecule has 3 heteroatoms. The Morgan fingerprint density at radius 2 is 0.840 bits per heavy atom. The number of hydrogen-bond donors (Lipinski definition) is 0. The summed E-state index contributed by atoms with van der Waals surface area (Å²) in [7, 11) is 0. The highest BCUT2D eigenvalue weighted by Gasteiger charge is 2.22. The summed E-state index contributed by atoms with van der Waals surface area (Å²) in [6, 6.07) is 31.4. The highest BCUT2D eigenvalue weighted by molar-refractivity contribution is 9.13. The molecule has 0 bridgehead atoms. The Bertz CT molecular complexity index is 928. The van der Waals surface area contributed by atoms with E-state index in [1.807, 2.05) is 18.2 Å². The van der Waals surface area contributed by atoms with E-state index < -0.39 is 0 Å². The summed E-state index contributed by atoms with van der Waals surface area (Å²) in [4.78, 5) is 0. The van der Waals surface area contributed by atoms with Crippen LogP contribution < -0.4 is 0 Å². The van der Waals surface area contributed by atoms with Crippen molar-refractivity contribution >= 4 is 31.9 Å². The molecule has 122 valence electrons. The standard InChI is InChI=1S/C22H15Br2N/c23-19-20(24)22(17-12-6-2-7-13-17)25(18-14-8-3-9-15-18)21(19)16-10-4-1-5-11-16/h1-15H. The predicted octanol–water partition coefficient (Wildman–Crippen LogP) is 7.34. The second-order valence-corrected chi connectivity index (χ2v) is 7.31. The van der Waals surface area contributed by atoms with Crippen LogP contribution in [-0.4, -0.2) is 4.57 Å². The lowest BCUT2D eigenvalue weighted by atomic mass is 10.1. The summed E-state index contributed by atoms with van der Waals surface area (Å²) in [6.45, 7) is 0. The van der Waals surface area contributed by atoms with E-state index >= 15 is 0 Å². The molecule has 4 aromatic rings. The van der Waals surface area contributed by atoms with Crippen LogP contribution in [0.15, 0.2) is 99.9 Å². The van der Waals surface area contributed by atoms with Gasteiger partial charge in [-0.3, -0.25) is 0 Å². The fraction of sp³-hybridized carbons (Fsp3) is 0. The quantitative estimate of drug-likeness (QED) is 0.306. The van der Waals surface area contributed by atoms with E-state index in [0.29, 0.717) is 0 Å². The van der Waals surface area contributed by atoms with Crippen molar-refractivity contribution in [2.75, 3.05) is 0 Å². The number of nitrogens with zero attached hydrogens (tertiary/aromatic N) is 1. The van der Waals surface area contributed by atoms with Crippen molar-refractivity contribution in [3.05, 3.63) is 99.9 Å². The van der Waals surface area contributed by atoms with Crippen LogP contribution in [0.25, 0.3) is 28.2 Å². The van der Waals surface area contributed by atoms with Crippen LogP contribution in [-0.2, 0) is 0 Å². The molecule has 0 fully saturated rings. The van der Waals surface area contributed by atoms with Crippen LogP contribution in [0.5, 0.6) is 0 Å². The largest absolute Gasteiger partial charge is 0.307 e. The maximum absolute atomic E-state index is 3.82. The summed E-state index contributed by atoms with van der Waals surface area (Å²) >= 11 is 7.63. The molecule has 0 saturated carbocycles. The van der Waals surface area contributed by atoms with Crippen LogP contribution in [0, 0.1) is 0 Å². The fourth-order valence-corrected chi connectivity index (χ4v) is 4.24. The summed E-state index contributed by atoms with van der Waals surface area (Å²) < 4.78 is 4.42. The lowest BCUT2D eigenvalue weighted by molar-refractivity contribution is 1.09. The van der Waals surface area contributed by atoms with Crippen molar-refractivity contribution in [1.29, 1.82) is 0 Å². The third-order valence-corrected chi connectivity index (χ3v) is 6.24. The van der Waals surface area contributed by atoms with Gasteiger partial charge in [-0.05, 0) is 55.1 Å². The average molecular weight is 453 g/mol. The second kappa shape index (κ2) is 7.03. The molecule has 25 heavy (non-hydrogen) atoms. The van der Waals surface area contributed by atoms with Gasteiger partial charge in [0, 0.05) is 5.69 Å². The van der Waals surface area contributed by atoms with Gasteiger partial charge in [0.05, 0.1) is 20.3 Å². The Morgan fingerprint density at radius 3 is 1.24 bits per heavy atom. The monoisotopic (exact) mass is 451 g/mol. The molecule has 1 nitrogen and oxygen atoms in total. The van der Waals surface area contributed by atoms with E-state index in [9.17, 15) is 0 Å². The van der Waals surface area contributed by atoms with E-state index in [1.165, 1.54) is 11.1 Å². The van der Waals surface area contributed by atoms with Gasteiger partial charge in [0.1, 0.15) is 0 Å². The van der Waals surface area contributed by atoms with Gasteiger partial charge < -0.3 is 4.57 Å². The zero-order valence-electron chi connectivity index (χ0n) is 13.4. The van der Waals surface area contributed by atoms with Crippen LogP contribution in [0.4, 0.5) is 0 Å². The van der Waals surface area contributed by atoms with Gasteiger partial charge in [0.2, 0.25) is 0 Å². The predicted molar refractivity (Wildman–Crippen MR) is 112 cm³/mol. The topological polar surface area (TPSA) is 4.93 Å². The van der Waals surface area contributed by atoms with Crippen LogP contribution in [0.1, 0.15) is 0 Å². The smallest absolute Gasteiger partial charge is 0.0689 e. The highest BCUT2D eigenvalue weighted by Crippen LogP contribution is 2.45. The number of halogens is 2. The molecule has 0 spiro atoms. The molecule has 0 amide bonds. The third kappa shape index (κ3) is 2.99. The molecular formula is C22H15Br2N. The maximum Gasteiger partial charge on any atom is 0.0689 e. The van der Waals surface area contributed by atoms with E-state index in [4.69, 9.17) is 0 Å². The molecule has 0 N–H and O–H groups in total. The first-order valence-electron chi connectivity index (χ1n) is 8.03. The van der Waals surface area contributed by atoms with Crippen molar-refractivity contribution in [3.63, 3.8) is 0 Å². The summed E-state index contributed by atoms with van der Waals surface area (Å²) in [5, 5.41) is 0. The molecule has 0 radical (unpaired) electrons. The van der Waals surface area contributed by atoms with Gasteiger partial charge in [-0.15, -0.1) is 0 Å². The Morgan fingerprint density at radius 1 is 0.480 bits per heavy atom. The first kappa shape index (κ1) is 16.4. The summed E-state index contributed by atoms with van der Waals surface area (Å²) in [6.07, 6.45) is 0. The van der Waals surface area contributed by atoms with Gasteiger partial charge in [-0.25, -0.2) is 0 Å². The third-order valence-electron chi connectivity index (χ3n) is 4.16. The first-order chi connectivity index (χ1) is 12.3. The van der Waals surface area contributed by atoms with Crippen LogP contribution in [0.3, 0.4) is 0 Å². The number of rotatable bonds is 3. The molecule has 1 aromatic heterocycles. The van der Waals surface area contributed by atoms with Crippen LogP contribution in [0.2, 0.25) is 0 Å². The molecule has 0 aliphatic carbocycles. The van der Waals surface area contributed by atoms with Crippen molar-refractivity contribution in [1.82, 2.24) is 4.57 Å².